The van der Waals surface area contributed by atoms with Gasteiger partial charge in [0.05, 0.1) is 16.8 Å². The van der Waals surface area contributed by atoms with Gasteiger partial charge in [-0.15, -0.1) is 0 Å². The van der Waals surface area contributed by atoms with E-state index in [0.717, 1.165) is 16.5 Å². The van der Waals surface area contributed by atoms with Gasteiger partial charge in [0.1, 0.15) is 0 Å². The summed E-state index contributed by atoms with van der Waals surface area (Å²) < 4.78 is 0.947. The fourth-order valence-electron chi connectivity index (χ4n) is 2.95. The minimum absolute atomic E-state index is 0.0426. The number of carbonyl (C=O) groups is 2. The number of carbonyl (C=O) groups excluding carboxylic acids is 2. The summed E-state index contributed by atoms with van der Waals surface area (Å²) in [5, 5.41) is 3.46. The maximum absolute atomic E-state index is 12.6. The van der Waals surface area contributed by atoms with Crippen molar-refractivity contribution in [1.82, 2.24) is 5.32 Å². The lowest BCUT2D eigenvalue weighted by Crippen LogP contribution is -2.28. The molecule has 1 atom stereocenters. The molecule has 1 saturated heterocycles. The van der Waals surface area contributed by atoms with Gasteiger partial charge in [0.25, 0.3) is 5.91 Å². The van der Waals surface area contributed by atoms with Crippen LogP contribution in [0.4, 0.5) is 5.69 Å². The highest BCUT2D eigenvalue weighted by atomic mass is 79.9. The van der Waals surface area contributed by atoms with Crippen molar-refractivity contribution < 1.29 is 9.59 Å². The fraction of sp³-hybridized carbons (Fsp3) is 0.263. The Labute approximate surface area is 160 Å². The maximum Gasteiger partial charge on any atom is 0.251 e. The molecule has 0 spiro atoms. The summed E-state index contributed by atoms with van der Waals surface area (Å²) in [5.41, 5.74) is 2.09. The average molecular weight is 422 g/mol. The topological polar surface area (TPSA) is 49.4 Å². The molecule has 6 heteroatoms. The molecule has 0 bridgehead atoms. The Bertz CT molecular complexity index is 825. The molecule has 2 amide bonds. The highest BCUT2D eigenvalue weighted by Gasteiger charge is 2.24. The van der Waals surface area contributed by atoms with Crippen molar-refractivity contribution in [1.29, 1.82) is 0 Å². The molecule has 4 nitrogen and oxygen atoms in total. The second kappa shape index (κ2) is 7.58. The molecule has 2 aromatic carbocycles. The van der Waals surface area contributed by atoms with E-state index in [0.29, 0.717) is 29.2 Å². The Morgan fingerprint density at radius 3 is 2.72 bits per heavy atom. The summed E-state index contributed by atoms with van der Waals surface area (Å²) in [6, 6.07) is 12.6. The van der Waals surface area contributed by atoms with Gasteiger partial charge in [-0.05, 0) is 43.2 Å². The van der Waals surface area contributed by atoms with E-state index in [1.165, 1.54) is 0 Å². The van der Waals surface area contributed by atoms with E-state index < -0.39 is 0 Å². The van der Waals surface area contributed by atoms with Gasteiger partial charge in [0, 0.05) is 23.0 Å². The van der Waals surface area contributed by atoms with Crippen LogP contribution in [0.2, 0.25) is 5.02 Å². The lowest BCUT2D eigenvalue weighted by Gasteiger charge is -2.19. The van der Waals surface area contributed by atoms with E-state index in [1.807, 2.05) is 31.2 Å². The molecule has 2 aromatic rings. The van der Waals surface area contributed by atoms with E-state index in [1.54, 1.807) is 23.1 Å². The third-order valence-corrected chi connectivity index (χ3v) is 5.33. The van der Waals surface area contributed by atoms with E-state index >= 15 is 0 Å². The van der Waals surface area contributed by atoms with Crippen molar-refractivity contribution in [2.75, 3.05) is 11.4 Å². The second-order valence-electron chi connectivity index (χ2n) is 6.03. The van der Waals surface area contributed by atoms with Gasteiger partial charge < -0.3 is 10.2 Å². The van der Waals surface area contributed by atoms with Crippen LogP contribution in [0.1, 0.15) is 41.7 Å². The predicted molar refractivity (Wildman–Crippen MR) is 103 cm³/mol. The highest BCUT2D eigenvalue weighted by molar-refractivity contribution is 9.10. The van der Waals surface area contributed by atoms with Gasteiger partial charge in [-0.3, -0.25) is 9.59 Å². The molecule has 0 saturated carbocycles. The maximum atomic E-state index is 12.6. The van der Waals surface area contributed by atoms with Crippen molar-refractivity contribution in [3.63, 3.8) is 0 Å². The molecule has 3 rings (SSSR count). The molecule has 0 aliphatic carbocycles. The third-order valence-electron chi connectivity index (χ3n) is 4.29. The number of nitrogens with zero attached hydrogens (tertiary/aromatic N) is 1. The smallest absolute Gasteiger partial charge is 0.251 e. The van der Waals surface area contributed by atoms with Crippen molar-refractivity contribution in [3.05, 3.63) is 63.1 Å². The van der Waals surface area contributed by atoms with Crippen LogP contribution >= 0.6 is 27.5 Å². The van der Waals surface area contributed by atoms with Crippen molar-refractivity contribution >= 4 is 45.0 Å². The Morgan fingerprint density at radius 1 is 1.28 bits per heavy atom. The molecule has 1 unspecified atom stereocenters. The van der Waals surface area contributed by atoms with Gasteiger partial charge in [0.15, 0.2) is 0 Å². The van der Waals surface area contributed by atoms with E-state index in [4.69, 9.17) is 11.6 Å². The SMILES string of the molecule is CC(NC(=O)c1ccc(Cl)c(N2CCCC2=O)c1)c1ccccc1Br. The predicted octanol–water partition coefficient (Wildman–Crippen LogP) is 4.72. The summed E-state index contributed by atoms with van der Waals surface area (Å²) in [5.74, 6) is -0.158. The third kappa shape index (κ3) is 3.88. The van der Waals surface area contributed by atoms with Gasteiger partial charge in [0.2, 0.25) is 5.91 Å². The van der Waals surface area contributed by atoms with Crippen molar-refractivity contribution in [2.45, 2.75) is 25.8 Å². The largest absolute Gasteiger partial charge is 0.345 e. The normalized spacial score (nSPS) is 15.3. The zero-order valence-electron chi connectivity index (χ0n) is 13.8. The molecule has 0 aromatic heterocycles. The van der Waals surface area contributed by atoms with Crippen molar-refractivity contribution in [3.8, 4) is 0 Å². The minimum atomic E-state index is -0.201. The number of amides is 2. The quantitative estimate of drug-likeness (QED) is 0.776. The van der Waals surface area contributed by atoms with Gasteiger partial charge >= 0.3 is 0 Å². The number of rotatable bonds is 4. The van der Waals surface area contributed by atoms with Crippen LogP contribution in [0.5, 0.6) is 0 Å². The molecular formula is C19H18BrClN2O2. The summed E-state index contributed by atoms with van der Waals surface area (Å²) in [7, 11) is 0. The van der Waals surface area contributed by atoms with Gasteiger partial charge in [-0.25, -0.2) is 0 Å². The van der Waals surface area contributed by atoms with Crippen LogP contribution in [0.15, 0.2) is 46.9 Å². The first-order chi connectivity index (χ1) is 12.0. The summed E-state index contributed by atoms with van der Waals surface area (Å²) >= 11 is 9.74. The summed E-state index contributed by atoms with van der Waals surface area (Å²) in [4.78, 5) is 26.2. The van der Waals surface area contributed by atoms with Crippen LogP contribution in [0, 0.1) is 0 Å². The molecule has 130 valence electrons. The molecule has 1 N–H and O–H groups in total. The zero-order chi connectivity index (χ0) is 18.0. The Balaban J connectivity index is 1.81. The molecule has 1 aliphatic heterocycles. The number of hydrogen-bond donors (Lipinski definition) is 1. The number of anilines is 1. The lowest BCUT2D eigenvalue weighted by atomic mass is 10.1. The molecular weight excluding hydrogens is 404 g/mol. The highest BCUT2D eigenvalue weighted by Crippen LogP contribution is 2.31. The first kappa shape index (κ1) is 18.0. The Kier molecular flexibility index (Phi) is 5.45. The summed E-state index contributed by atoms with van der Waals surface area (Å²) in [6.45, 7) is 2.57. The lowest BCUT2D eigenvalue weighted by molar-refractivity contribution is -0.117. The van der Waals surface area contributed by atoms with Crippen LogP contribution in [0.3, 0.4) is 0 Å². The summed E-state index contributed by atoms with van der Waals surface area (Å²) in [6.07, 6.45) is 1.33. The standard InChI is InChI=1S/C19H18BrClN2O2/c1-12(14-5-2-3-6-15(14)20)22-19(25)13-8-9-16(21)17(11-13)23-10-4-7-18(23)24/h2-3,5-6,8-9,11-12H,4,7,10H2,1H3,(H,22,25). The van der Waals surface area contributed by atoms with Crippen molar-refractivity contribution in [2.24, 2.45) is 0 Å². The first-order valence-corrected chi connectivity index (χ1v) is 9.29. The van der Waals surface area contributed by atoms with E-state index in [9.17, 15) is 9.59 Å². The first-order valence-electron chi connectivity index (χ1n) is 8.12. The van der Waals surface area contributed by atoms with Crippen LogP contribution in [-0.4, -0.2) is 18.4 Å². The Morgan fingerprint density at radius 2 is 2.04 bits per heavy atom. The molecule has 1 aliphatic rings. The number of nitrogens with one attached hydrogen (secondary N) is 1. The van der Waals surface area contributed by atoms with Gasteiger partial charge in [-0.2, -0.15) is 0 Å². The second-order valence-corrected chi connectivity index (χ2v) is 7.29. The number of halogens is 2. The Hall–Kier alpha value is -1.85. The molecule has 1 heterocycles. The van der Waals surface area contributed by atoms with Crippen LogP contribution < -0.4 is 10.2 Å². The average Bonchev–Trinajstić information content (AvgIpc) is 3.01. The van der Waals surface area contributed by atoms with Crippen LogP contribution in [-0.2, 0) is 4.79 Å². The molecule has 25 heavy (non-hydrogen) atoms. The van der Waals surface area contributed by atoms with E-state index in [-0.39, 0.29) is 17.9 Å². The van der Waals surface area contributed by atoms with Crippen LogP contribution in [0.25, 0.3) is 0 Å². The minimum Gasteiger partial charge on any atom is -0.345 e. The molecule has 0 radical (unpaired) electrons. The number of benzene rings is 2. The fourth-order valence-corrected chi connectivity index (χ4v) is 3.80. The van der Waals surface area contributed by atoms with E-state index in [2.05, 4.69) is 21.2 Å². The molecule has 1 fully saturated rings. The monoisotopic (exact) mass is 420 g/mol. The van der Waals surface area contributed by atoms with Gasteiger partial charge in [-0.1, -0.05) is 45.7 Å². The zero-order valence-corrected chi connectivity index (χ0v) is 16.1. The number of hydrogen-bond acceptors (Lipinski definition) is 2.